The number of nitrogens with zero attached hydrogens (tertiary/aromatic N) is 1. The number of nitrogens with one attached hydrogen (secondary N) is 2. The number of amides is 2. The van der Waals surface area contributed by atoms with Crippen molar-refractivity contribution in [1.29, 1.82) is 5.26 Å². The van der Waals surface area contributed by atoms with Crippen LogP contribution in [0.5, 0.6) is 5.75 Å². The average Bonchev–Trinajstić information content (AvgIpc) is 2.55. The van der Waals surface area contributed by atoms with Crippen molar-refractivity contribution in [3.63, 3.8) is 0 Å². The van der Waals surface area contributed by atoms with Crippen molar-refractivity contribution in [3.05, 3.63) is 53.6 Å². The van der Waals surface area contributed by atoms with Gasteiger partial charge in [0.05, 0.1) is 24.3 Å². The lowest BCUT2D eigenvalue weighted by Gasteiger charge is -2.11. The first-order valence-corrected chi connectivity index (χ1v) is 6.80. The maximum absolute atomic E-state index is 12.4. The molecule has 0 saturated carbocycles. The van der Waals surface area contributed by atoms with E-state index in [1.54, 1.807) is 42.5 Å². The highest BCUT2D eigenvalue weighted by molar-refractivity contribution is 6.07. The molecule has 0 fully saturated rings. The summed E-state index contributed by atoms with van der Waals surface area (Å²) in [7, 11) is 1.46. The number of ether oxygens (including phenoxy) is 1. The fourth-order valence-corrected chi connectivity index (χ4v) is 1.99. The van der Waals surface area contributed by atoms with E-state index in [4.69, 9.17) is 10.00 Å². The highest BCUT2D eigenvalue weighted by Gasteiger charge is 2.14. The highest BCUT2D eigenvalue weighted by atomic mass is 16.5. The lowest BCUT2D eigenvalue weighted by Crippen LogP contribution is -2.14. The number of methoxy groups -OCH3 is 1. The van der Waals surface area contributed by atoms with Gasteiger partial charge in [-0.15, -0.1) is 0 Å². The minimum absolute atomic E-state index is 0.228. The molecule has 0 bridgehead atoms. The molecule has 0 atom stereocenters. The maximum Gasteiger partial charge on any atom is 0.259 e. The van der Waals surface area contributed by atoms with Crippen LogP contribution in [0.1, 0.15) is 22.8 Å². The summed E-state index contributed by atoms with van der Waals surface area (Å²) in [5, 5.41) is 14.1. The van der Waals surface area contributed by atoms with Gasteiger partial charge in [0.25, 0.3) is 5.91 Å². The molecule has 2 amide bonds. The second kappa shape index (κ2) is 7.09. The first-order chi connectivity index (χ1) is 11.0. The maximum atomic E-state index is 12.4. The van der Waals surface area contributed by atoms with Gasteiger partial charge >= 0.3 is 0 Å². The topological polar surface area (TPSA) is 91.2 Å². The number of rotatable bonds is 4. The van der Waals surface area contributed by atoms with Gasteiger partial charge in [-0.05, 0) is 42.5 Å². The third kappa shape index (κ3) is 4.08. The number of benzene rings is 2. The van der Waals surface area contributed by atoms with Crippen molar-refractivity contribution in [2.45, 2.75) is 6.92 Å². The molecular formula is C17H15N3O3. The third-order valence-electron chi connectivity index (χ3n) is 3.04. The van der Waals surface area contributed by atoms with Gasteiger partial charge in [0, 0.05) is 18.3 Å². The molecule has 2 aromatic carbocycles. The van der Waals surface area contributed by atoms with Gasteiger partial charge in [-0.2, -0.15) is 5.26 Å². The number of carbonyl (C=O) groups is 2. The van der Waals surface area contributed by atoms with E-state index in [2.05, 4.69) is 10.6 Å². The predicted molar refractivity (Wildman–Crippen MR) is 86.4 cm³/mol. The van der Waals surface area contributed by atoms with Gasteiger partial charge in [-0.25, -0.2) is 0 Å². The van der Waals surface area contributed by atoms with Gasteiger partial charge in [0.2, 0.25) is 5.91 Å². The van der Waals surface area contributed by atoms with E-state index in [1.165, 1.54) is 14.0 Å². The zero-order valence-corrected chi connectivity index (χ0v) is 12.7. The van der Waals surface area contributed by atoms with Crippen molar-refractivity contribution in [2.24, 2.45) is 0 Å². The Morgan fingerprint density at radius 1 is 1.04 bits per heavy atom. The van der Waals surface area contributed by atoms with Gasteiger partial charge in [-0.1, -0.05) is 0 Å². The quantitative estimate of drug-likeness (QED) is 0.908. The first kappa shape index (κ1) is 16.0. The van der Waals surface area contributed by atoms with Crippen molar-refractivity contribution in [1.82, 2.24) is 0 Å². The molecular weight excluding hydrogens is 294 g/mol. The molecule has 2 aromatic rings. The van der Waals surface area contributed by atoms with Crippen LogP contribution in [0.2, 0.25) is 0 Å². The Hall–Kier alpha value is -3.33. The Morgan fingerprint density at radius 3 is 2.26 bits per heavy atom. The molecule has 0 aromatic heterocycles. The Labute approximate surface area is 133 Å². The molecule has 0 unspecified atom stereocenters. The molecule has 0 heterocycles. The zero-order valence-electron chi connectivity index (χ0n) is 12.7. The fraction of sp³-hybridized carbons (Fsp3) is 0.118. The smallest absolute Gasteiger partial charge is 0.259 e. The molecule has 0 aliphatic heterocycles. The Bertz CT molecular complexity index is 777. The van der Waals surface area contributed by atoms with Crippen molar-refractivity contribution in [3.8, 4) is 11.8 Å². The van der Waals surface area contributed by atoms with Gasteiger partial charge in [0.15, 0.2) is 0 Å². The number of carbonyl (C=O) groups excluding carboxylic acids is 2. The molecule has 0 radical (unpaired) electrons. The molecule has 2 N–H and O–H groups in total. The van der Waals surface area contributed by atoms with Crippen LogP contribution in [-0.2, 0) is 4.79 Å². The molecule has 0 aliphatic carbocycles. The van der Waals surface area contributed by atoms with E-state index < -0.39 is 0 Å². The minimum Gasteiger partial charge on any atom is -0.496 e. The lowest BCUT2D eigenvalue weighted by molar-refractivity contribution is -0.114. The fourth-order valence-electron chi connectivity index (χ4n) is 1.99. The molecule has 6 nitrogen and oxygen atoms in total. The van der Waals surface area contributed by atoms with E-state index in [-0.39, 0.29) is 11.8 Å². The summed E-state index contributed by atoms with van der Waals surface area (Å²) in [5.74, 6) is -0.211. The van der Waals surface area contributed by atoms with Crippen LogP contribution >= 0.6 is 0 Å². The van der Waals surface area contributed by atoms with E-state index in [0.29, 0.717) is 28.3 Å². The predicted octanol–water partition coefficient (Wildman–Crippen LogP) is 2.78. The van der Waals surface area contributed by atoms with E-state index >= 15 is 0 Å². The second-order valence-corrected chi connectivity index (χ2v) is 4.74. The van der Waals surface area contributed by atoms with E-state index in [9.17, 15) is 9.59 Å². The standard InChI is InChI=1S/C17H15N3O3/c1-11(21)19-14-7-8-16(23-2)15(9-14)17(22)20-13-5-3-12(10-18)4-6-13/h3-9H,1-2H3,(H,19,21)(H,20,22). The lowest BCUT2D eigenvalue weighted by atomic mass is 10.1. The van der Waals surface area contributed by atoms with Crippen LogP contribution in [0, 0.1) is 11.3 Å². The summed E-state index contributed by atoms with van der Waals surface area (Å²) in [4.78, 5) is 23.5. The number of anilines is 2. The molecule has 116 valence electrons. The Morgan fingerprint density at radius 2 is 1.70 bits per heavy atom. The van der Waals surface area contributed by atoms with Gasteiger partial charge in [0.1, 0.15) is 5.75 Å². The number of nitriles is 1. The molecule has 0 spiro atoms. The van der Waals surface area contributed by atoms with Crippen LogP contribution in [0.15, 0.2) is 42.5 Å². The number of hydrogen-bond donors (Lipinski definition) is 2. The minimum atomic E-state index is -0.376. The summed E-state index contributed by atoms with van der Waals surface area (Å²) in [6, 6.07) is 13.3. The molecule has 2 rings (SSSR count). The summed E-state index contributed by atoms with van der Waals surface area (Å²) in [5.41, 5.74) is 1.86. The average molecular weight is 309 g/mol. The molecule has 0 aliphatic rings. The Balaban J connectivity index is 2.25. The van der Waals surface area contributed by atoms with Crippen molar-refractivity contribution >= 4 is 23.2 Å². The molecule has 6 heteroatoms. The highest BCUT2D eigenvalue weighted by Crippen LogP contribution is 2.24. The number of hydrogen-bond acceptors (Lipinski definition) is 4. The summed E-state index contributed by atoms with van der Waals surface area (Å²) >= 11 is 0. The third-order valence-corrected chi connectivity index (χ3v) is 3.04. The summed E-state index contributed by atoms with van der Waals surface area (Å²) < 4.78 is 5.18. The van der Waals surface area contributed by atoms with Crippen molar-refractivity contribution in [2.75, 3.05) is 17.7 Å². The molecule has 0 saturated heterocycles. The normalized spacial score (nSPS) is 9.61. The van der Waals surface area contributed by atoms with Gasteiger partial charge in [-0.3, -0.25) is 9.59 Å². The largest absolute Gasteiger partial charge is 0.496 e. The van der Waals surface area contributed by atoms with Crippen molar-refractivity contribution < 1.29 is 14.3 Å². The van der Waals surface area contributed by atoms with E-state index in [0.717, 1.165) is 0 Å². The van der Waals surface area contributed by atoms with Gasteiger partial charge < -0.3 is 15.4 Å². The second-order valence-electron chi connectivity index (χ2n) is 4.74. The SMILES string of the molecule is COc1ccc(NC(C)=O)cc1C(=O)Nc1ccc(C#N)cc1. The summed E-state index contributed by atoms with van der Waals surface area (Å²) in [6.45, 7) is 1.39. The van der Waals surface area contributed by atoms with Crippen LogP contribution in [-0.4, -0.2) is 18.9 Å². The first-order valence-electron chi connectivity index (χ1n) is 6.80. The van der Waals surface area contributed by atoms with Crippen LogP contribution in [0.3, 0.4) is 0 Å². The zero-order chi connectivity index (χ0) is 16.8. The van der Waals surface area contributed by atoms with Crippen LogP contribution < -0.4 is 15.4 Å². The van der Waals surface area contributed by atoms with Crippen LogP contribution in [0.25, 0.3) is 0 Å². The monoisotopic (exact) mass is 309 g/mol. The van der Waals surface area contributed by atoms with Crippen LogP contribution in [0.4, 0.5) is 11.4 Å². The van der Waals surface area contributed by atoms with E-state index in [1.807, 2.05) is 6.07 Å². The molecule has 23 heavy (non-hydrogen) atoms. The summed E-state index contributed by atoms with van der Waals surface area (Å²) in [6.07, 6.45) is 0. The Kier molecular flexibility index (Phi) is 4.95.